The second-order valence-electron chi connectivity index (χ2n) is 15.1. The summed E-state index contributed by atoms with van der Waals surface area (Å²) in [6.07, 6.45) is -2.52. The van der Waals surface area contributed by atoms with E-state index in [1.54, 1.807) is 0 Å². The molecule has 0 saturated carbocycles. The molecular weight excluding hydrogens is 763 g/mol. The highest BCUT2D eigenvalue weighted by molar-refractivity contribution is 8.22. The van der Waals surface area contributed by atoms with Crippen LogP contribution in [0.4, 0.5) is 17.1 Å². The van der Waals surface area contributed by atoms with Gasteiger partial charge in [0.2, 0.25) is 0 Å². The van der Waals surface area contributed by atoms with Crippen LogP contribution in [0.5, 0.6) is 0 Å². The highest BCUT2D eigenvalue weighted by Gasteiger charge is 2.46. The lowest BCUT2D eigenvalue weighted by Gasteiger charge is -2.48. The maximum atomic E-state index is 7.17. The lowest BCUT2D eigenvalue weighted by Crippen LogP contribution is -2.46. The number of hydrogen-bond acceptors (Lipinski definition) is 5. The van der Waals surface area contributed by atoms with Crippen LogP contribution in [0, 0.1) is 6.92 Å². The van der Waals surface area contributed by atoms with Crippen molar-refractivity contribution in [2.45, 2.75) is 20.8 Å². The molecule has 7 aromatic carbocycles. The van der Waals surface area contributed by atoms with Crippen LogP contribution >= 0.6 is 12.2 Å². The van der Waals surface area contributed by atoms with Gasteiger partial charge in [0.05, 0.1) is 23.3 Å². The average molecular weight is 801 g/mol. The van der Waals surface area contributed by atoms with Crippen molar-refractivity contribution in [3.05, 3.63) is 139 Å². The van der Waals surface area contributed by atoms with Crippen LogP contribution in [-0.4, -0.2) is 24.4 Å². The lowest BCUT2D eigenvalue weighted by atomic mass is 10.0. The predicted octanol–water partition coefficient (Wildman–Crippen LogP) is 12.0. The number of para-hydroxylation sites is 4. The Labute approximate surface area is 336 Å². The standard InChI is InChI=1S/C48H38N2O2P2S2/c1-5-49(6-2)54(56)43-28-31(33-16-12-18-37-35-14-8-10-20-41(35)52-48(33)37)22-24-39(43)50-38-23-21-30(27-42(38)53(4,55)44-25-29(3)26-45(54)46(44)50)32-15-11-17-36-34-13-7-9-19-40(34)51-47(32)36/h7-28H,5-6H2,1-4H3. The molecule has 2 aromatic heterocycles. The first-order valence-corrected chi connectivity index (χ1v) is 25.2. The van der Waals surface area contributed by atoms with Gasteiger partial charge in [0.15, 0.2) is 0 Å². The third-order valence-corrected chi connectivity index (χ3v) is 21.0. The Kier molecular flexibility index (Phi) is 7.60. The summed E-state index contributed by atoms with van der Waals surface area (Å²) in [7, 11) is 0. The van der Waals surface area contributed by atoms with Crippen molar-refractivity contribution in [3.63, 3.8) is 0 Å². The first-order chi connectivity index (χ1) is 27.2. The Hall–Kier alpha value is -4.80. The fourth-order valence-corrected chi connectivity index (χ4v) is 17.6. The normalized spacial score (nSPS) is 18.6. The molecule has 0 saturated heterocycles. The number of benzene rings is 7. The first-order valence-electron chi connectivity index (χ1n) is 19.2. The highest BCUT2D eigenvalue weighted by atomic mass is 32.4. The molecule has 8 heteroatoms. The summed E-state index contributed by atoms with van der Waals surface area (Å²) in [6.45, 7) is 10.7. The molecule has 2 aliphatic rings. The molecule has 0 bridgehead atoms. The molecule has 2 aliphatic heterocycles. The maximum absolute atomic E-state index is 7.17. The van der Waals surface area contributed by atoms with Gasteiger partial charge in [-0.3, -0.25) is 4.67 Å². The third-order valence-electron chi connectivity index (χ3n) is 12.0. The molecule has 0 aliphatic carbocycles. The summed E-state index contributed by atoms with van der Waals surface area (Å²) < 4.78 is 15.6. The summed E-state index contributed by atoms with van der Waals surface area (Å²) in [5.41, 5.74) is 12.7. The van der Waals surface area contributed by atoms with Crippen molar-refractivity contribution in [2.24, 2.45) is 0 Å². The van der Waals surface area contributed by atoms with E-state index in [1.807, 2.05) is 18.2 Å². The average Bonchev–Trinajstić information content (AvgIpc) is 3.80. The van der Waals surface area contributed by atoms with Gasteiger partial charge in [-0.15, -0.1) is 0 Å². The molecule has 274 valence electrons. The van der Waals surface area contributed by atoms with Gasteiger partial charge in [-0.2, -0.15) is 0 Å². The van der Waals surface area contributed by atoms with E-state index in [1.165, 1.54) is 32.5 Å². The SMILES string of the molecule is CCN(CC)P1(=S)c2cc(-c3cccc4c3oc3ccccc34)ccc2N2c3ccc(-c4cccc5c4oc4ccccc45)cc3P(C)(=S)c3cc(C)cc1c32. The van der Waals surface area contributed by atoms with Gasteiger partial charge in [-0.05, 0) is 78.8 Å². The molecule has 0 fully saturated rings. The van der Waals surface area contributed by atoms with Crippen molar-refractivity contribution in [1.82, 2.24) is 4.67 Å². The molecule has 56 heavy (non-hydrogen) atoms. The number of nitrogens with zero attached hydrogens (tertiary/aromatic N) is 2. The topological polar surface area (TPSA) is 32.8 Å². The largest absolute Gasteiger partial charge is 0.455 e. The molecule has 0 spiro atoms. The molecular formula is C48H38N2O2P2S2. The van der Waals surface area contributed by atoms with Gasteiger partial charge >= 0.3 is 0 Å². The van der Waals surface area contributed by atoms with E-state index < -0.39 is 12.2 Å². The zero-order valence-corrected chi connectivity index (χ0v) is 35.0. The highest BCUT2D eigenvalue weighted by Crippen LogP contribution is 2.62. The minimum Gasteiger partial charge on any atom is -0.455 e. The summed E-state index contributed by atoms with van der Waals surface area (Å²) in [4.78, 5) is 2.49. The summed E-state index contributed by atoms with van der Waals surface area (Å²) in [5.74, 6) is 0. The van der Waals surface area contributed by atoms with Gasteiger partial charge in [-0.25, -0.2) is 0 Å². The van der Waals surface area contributed by atoms with E-state index in [4.69, 9.17) is 32.4 Å². The van der Waals surface area contributed by atoms with E-state index in [0.29, 0.717) is 0 Å². The van der Waals surface area contributed by atoms with Gasteiger partial charge in [0.1, 0.15) is 22.3 Å². The predicted molar refractivity (Wildman–Crippen MR) is 247 cm³/mol. The fraction of sp³-hybridized carbons (Fsp3) is 0.125. The number of aryl methyl sites for hydroxylation is 1. The zero-order valence-electron chi connectivity index (χ0n) is 31.5. The van der Waals surface area contributed by atoms with Gasteiger partial charge in [0.25, 0.3) is 0 Å². The fourth-order valence-electron chi connectivity index (χ4n) is 9.38. The van der Waals surface area contributed by atoms with Crippen molar-refractivity contribution in [1.29, 1.82) is 0 Å². The first kappa shape index (κ1) is 34.4. The third kappa shape index (κ3) is 4.63. The second-order valence-corrected chi connectivity index (χ2v) is 24.4. The summed E-state index contributed by atoms with van der Waals surface area (Å²) in [6, 6.07) is 45.8. The number of hydrogen-bond donors (Lipinski definition) is 0. The molecule has 4 nitrogen and oxygen atoms in total. The second kappa shape index (κ2) is 12.3. The van der Waals surface area contributed by atoms with Crippen molar-refractivity contribution < 1.29 is 8.83 Å². The minimum absolute atomic E-state index is 0.854. The Balaban J connectivity index is 1.17. The van der Waals surface area contributed by atoms with E-state index in [-0.39, 0.29) is 0 Å². The van der Waals surface area contributed by atoms with Gasteiger partial charge in [-0.1, -0.05) is 122 Å². The van der Waals surface area contributed by atoms with E-state index >= 15 is 0 Å². The number of anilines is 3. The number of furan rings is 2. The van der Waals surface area contributed by atoms with Gasteiger partial charge < -0.3 is 13.7 Å². The Morgan fingerprint density at radius 1 is 0.554 bits per heavy atom. The summed E-state index contributed by atoms with van der Waals surface area (Å²) in [5, 5.41) is 9.42. The molecule has 9 aromatic rings. The number of fused-ring (bicyclic) bond motifs is 10. The molecule has 11 rings (SSSR count). The Bertz CT molecular complexity index is 3250. The molecule has 2 unspecified atom stereocenters. The van der Waals surface area contributed by atoms with Crippen LogP contribution < -0.4 is 26.1 Å². The quantitative estimate of drug-likeness (QED) is 0.161. The van der Waals surface area contributed by atoms with Crippen molar-refractivity contribution >= 4 is 118 Å². The van der Waals surface area contributed by atoms with Crippen LogP contribution in [0.2, 0.25) is 0 Å². The van der Waals surface area contributed by atoms with E-state index in [0.717, 1.165) is 90.6 Å². The van der Waals surface area contributed by atoms with Gasteiger partial charge in [0, 0.05) is 73.0 Å². The maximum Gasteiger partial charge on any atom is 0.143 e. The molecule has 4 heterocycles. The van der Waals surface area contributed by atoms with Crippen LogP contribution in [0.1, 0.15) is 19.4 Å². The monoisotopic (exact) mass is 800 g/mol. The van der Waals surface area contributed by atoms with Crippen LogP contribution in [0.3, 0.4) is 0 Å². The van der Waals surface area contributed by atoms with Crippen LogP contribution in [0.25, 0.3) is 66.1 Å². The Morgan fingerprint density at radius 3 is 1.62 bits per heavy atom. The van der Waals surface area contributed by atoms with E-state index in [9.17, 15) is 0 Å². The zero-order chi connectivity index (χ0) is 38.1. The Morgan fingerprint density at radius 2 is 1.05 bits per heavy atom. The van der Waals surface area contributed by atoms with Crippen LogP contribution in [0.15, 0.2) is 142 Å². The van der Waals surface area contributed by atoms with Crippen molar-refractivity contribution in [3.8, 4) is 22.3 Å². The minimum atomic E-state index is -2.52. The molecule has 0 amide bonds. The molecule has 0 radical (unpaired) electrons. The smallest absolute Gasteiger partial charge is 0.143 e. The molecule has 0 N–H and O–H groups in total. The summed E-state index contributed by atoms with van der Waals surface area (Å²) >= 11 is 14.0. The lowest BCUT2D eigenvalue weighted by molar-refractivity contribution is 0.513. The van der Waals surface area contributed by atoms with Crippen LogP contribution in [-0.2, 0) is 23.6 Å². The van der Waals surface area contributed by atoms with Crippen molar-refractivity contribution in [2.75, 3.05) is 24.7 Å². The molecule has 2 atom stereocenters. The van der Waals surface area contributed by atoms with E-state index in [2.05, 4.69) is 152 Å². The number of rotatable bonds is 5.